The highest BCUT2D eigenvalue weighted by Gasteiger charge is 2.28. The summed E-state index contributed by atoms with van der Waals surface area (Å²) in [5, 5.41) is 15.4. The summed E-state index contributed by atoms with van der Waals surface area (Å²) in [5.41, 5.74) is 1.09. The van der Waals surface area contributed by atoms with Crippen molar-refractivity contribution in [1.82, 2.24) is 10.6 Å². The average Bonchev–Trinajstić information content (AvgIpc) is 2.78. The van der Waals surface area contributed by atoms with Gasteiger partial charge in [-0.25, -0.2) is 4.79 Å². The number of carbonyl (C=O) groups is 1. The predicted molar refractivity (Wildman–Crippen MR) is 71.6 cm³/mol. The average molecular weight is 289 g/mol. The zero-order valence-corrected chi connectivity index (χ0v) is 11.1. The second kappa shape index (κ2) is 5.78. The van der Waals surface area contributed by atoms with Gasteiger partial charge in [0.05, 0.1) is 10.0 Å². The molecule has 1 heterocycles. The van der Waals surface area contributed by atoms with Crippen LogP contribution in [0.15, 0.2) is 18.2 Å². The van der Waals surface area contributed by atoms with Crippen LogP contribution < -0.4 is 10.6 Å². The van der Waals surface area contributed by atoms with Gasteiger partial charge in [-0.1, -0.05) is 29.3 Å². The molecule has 0 saturated carbocycles. The van der Waals surface area contributed by atoms with Crippen molar-refractivity contribution in [3.05, 3.63) is 33.8 Å². The van der Waals surface area contributed by atoms with Crippen LogP contribution in [0, 0.1) is 5.92 Å². The maximum absolute atomic E-state index is 10.5. The van der Waals surface area contributed by atoms with Crippen LogP contribution in [0.1, 0.15) is 11.5 Å². The number of amides is 1. The van der Waals surface area contributed by atoms with E-state index in [4.69, 9.17) is 28.3 Å². The number of halogens is 2. The van der Waals surface area contributed by atoms with Crippen molar-refractivity contribution >= 4 is 29.3 Å². The molecule has 1 aliphatic rings. The van der Waals surface area contributed by atoms with Crippen LogP contribution in [0.2, 0.25) is 10.0 Å². The van der Waals surface area contributed by atoms with Gasteiger partial charge in [-0.3, -0.25) is 0 Å². The largest absolute Gasteiger partial charge is 0.465 e. The Kier molecular flexibility index (Phi) is 4.32. The number of benzene rings is 1. The molecule has 1 aromatic carbocycles. The molecular weight excluding hydrogens is 275 g/mol. The first-order valence-electron chi connectivity index (χ1n) is 5.70. The van der Waals surface area contributed by atoms with Crippen LogP contribution >= 0.6 is 23.2 Å². The molecule has 2 rings (SSSR count). The van der Waals surface area contributed by atoms with E-state index >= 15 is 0 Å². The lowest BCUT2D eigenvalue weighted by Crippen LogP contribution is -2.30. The van der Waals surface area contributed by atoms with E-state index in [1.165, 1.54) is 0 Å². The molecule has 3 N–H and O–H groups in total. The SMILES string of the molecule is O=C(O)NC[C@H]1CNC[C@@H]1c1ccc(Cl)c(Cl)c1. The van der Waals surface area contributed by atoms with Crippen molar-refractivity contribution < 1.29 is 9.90 Å². The summed E-state index contributed by atoms with van der Waals surface area (Å²) in [5.74, 6) is 0.491. The van der Waals surface area contributed by atoms with E-state index in [2.05, 4.69) is 10.6 Å². The minimum atomic E-state index is -0.991. The molecule has 1 aromatic rings. The van der Waals surface area contributed by atoms with Gasteiger partial charge in [0.25, 0.3) is 0 Å². The van der Waals surface area contributed by atoms with Crippen molar-refractivity contribution in [2.45, 2.75) is 5.92 Å². The lowest BCUT2D eigenvalue weighted by Gasteiger charge is -2.19. The van der Waals surface area contributed by atoms with Gasteiger partial charge < -0.3 is 15.7 Å². The molecule has 1 aliphatic heterocycles. The smallest absolute Gasteiger partial charge is 0.404 e. The van der Waals surface area contributed by atoms with Gasteiger partial charge in [-0.05, 0) is 23.6 Å². The molecule has 0 unspecified atom stereocenters. The normalized spacial score (nSPS) is 23.0. The molecule has 2 atom stereocenters. The molecular formula is C12H14Cl2N2O2. The molecule has 1 fully saturated rings. The molecule has 4 nitrogen and oxygen atoms in total. The molecule has 0 aliphatic carbocycles. The monoisotopic (exact) mass is 288 g/mol. The second-order valence-electron chi connectivity index (χ2n) is 4.38. The lowest BCUT2D eigenvalue weighted by atomic mass is 9.89. The van der Waals surface area contributed by atoms with E-state index in [0.29, 0.717) is 16.6 Å². The Bertz CT molecular complexity index is 454. The van der Waals surface area contributed by atoms with Crippen molar-refractivity contribution in [1.29, 1.82) is 0 Å². The van der Waals surface area contributed by atoms with Gasteiger partial charge in [0, 0.05) is 25.6 Å². The van der Waals surface area contributed by atoms with Gasteiger partial charge in [0.1, 0.15) is 0 Å². The fourth-order valence-electron chi connectivity index (χ4n) is 2.30. The fraction of sp³-hybridized carbons (Fsp3) is 0.417. The quantitative estimate of drug-likeness (QED) is 0.801. The molecule has 6 heteroatoms. The summed E-state index contributed by atoms with van der Waals surface area (Å²) in [7, 11) is 0. The Morgan fingerprint density at radius 1 is 1.39 bits per heavy atom. The summed E-state index contributed by atoms with van der Waals surface area (Å²) in [6.45, 7) is 2.06. The first-order valence-corrected chi connectivity index (χ1v) is 6.46. The van der Waals surface area contributed by atoms with Crippen LogP contribution in [0.3, 0.4) is 0 Å². The first kappa shape index (κ1) is 13.5. The van der Waals surface area contributed by atoms with E-state index in [9.17, 15) is 4.79 Å². The van der Waals surface area contributed by atoms with E-state index in [0.717, 1.165) is 18.7 Å². The zero-order chi connectivity index (χ0) is 13.1. The maximum atomic E-state index is 10.5. The summed E-state index contributed by atoms with van der Waals surface area (Å²) in [6.07, 6.45) is -0.991. The van der Waals surface area contributed by atoms with Crippen LogP contribution in [0.5, 0.6) is 0 Å². The highest BCUT2D eigenvalue weighted by atomic mass is 35.5. The maximum Gasteiger partial charge on any atom is 0.404 e. The van der Waals surface area contributed by atoms with Crippen molar-refractivity contribution in [2.75, 3.05) is 19.6 Å². The number of carboxylic acid groups (broad SMARTS) is 1. The topological polar surface area (TPSA) is 61.4 Å². The standard InChI is InChI=1S/C12H14Cl2N2O2/c13-10-2-1-7(3-11(10)14)9-6-15-4-8(9)5-16-12(17)18/h1-3,8-9,15-16H,4-6H2,(H,17,18)/t8-,9-/m1/s1. The highest BCUT2D eigenvalue weighted by Crippen LogP contribution is 2.32. The first-order chi connectivity index (χ1) is 8.58. The Morgan fingerprint density at radius 3 is 2.83 bits per heavy atom. The van der Waals surface area contributed by atoms with Crippen LogP contribution in [0.25, 0.3) is 0 Å². The summed E-state index contributed by atoms with van der Waals surface area (Å²) >= 11 is 11.9. The predicted octanol–water partition coefficient (Wildman–Crippen LogP) is 2.56. The number of rotatable bonds is 3. The molecule has 0 spiro atoms. The Morgan fingerprint density at radius 2 is 2.17 bits per heavy atom. The highest BCUT2D eigenvalue weighted by molar-refractivity contribution is 6.42. The van der Waals surface area contributed by atoms with E-state index in [1.807, 2.05) is 12.1 Å². The minimum absolute atomic E-state index is 0.235. The Labute approximate surface area is 115 Å². The molecule has 18 heavy (non-hydrogen) atoms. The number of nitrogens with one attached hydrogen (secondary N) is 2. The molecule has 0 bridgehead atoms. The van der Waals surface area contributed by atoms with Crippen molar-refractivity contribution in [3.63, 3.8) is 0 Å². The van der Waals surface area contributed by atoms with E-state index in [1.54, 1.807) is 6.07 Å². The molecule has 98 valence electrons. The summed E-state index contributed by atoms with van der Waals surface area (Å²) in [4.78, 5) is 10.5. The third kappa shape index (κ3) is 3.07. The molecule has 1 saturated heterocycles. The van der Waals surface area contributed by atoms with Gasteiger partial charge >= 0.3 is 6.09 Å². The van der Waals surface area contributed by atoms with E-state index in [-0.39, 0.29) is 11.8 Å². The lowest BCUT2D eigenvalue weighted by molar-refractivity contribution is 0.192. The third-order valence-electron chi connectivity index (χ3n) is 3.23. The third-order valence-corrected chi connectivity index (χ3v) is 3.97. The fourth-order valence-corrected chi connectivity index (χ4v) is 2.61. The summed E-state index contributed by atoms with van der Waals surface area (Å²) < 4.78 is 0. The molecule has 0 radical (unpaired) electrons. The molecule has 1 amide bonds. The van der Waals surface area contributed by atoms with Gasteiger partial charge in [-0.15, -0.1) is 0 Å². The molecule has 0 aromatic heterocycles. The Hall–Kier alpha value is -0.970. The Balaban J connectivity index is 2.10. The van der Waals surface area contributed by atoms with Crippen LogP contribution in [0.4, 0.5) is 4.79 Å². The van der Waals surface area contributed by atoms with Gasteiger partial charge in [-0.2, -0.15) is 0 Å². The zero-order valence-electron chi connectivity index (χ0n) is 9.62. The van der Waals surface area contributed by atoms with Crippen molar-refractivity contribution in [3.8, 4) is 0 Å². The van der Waals surface area contributed by atoms with Gasteiger partial charge in [0.15, 0.2) is 0 Å². The second-order valence-corrected chi connectivity index (χ2v) is 5.20. The van der Waals surface area contributed by atoms with Gasteiger partial charge in [0.2, 0.25) is 0 Å². The minimum Gasteiger partial charge on any atom is -0.465 e. The van der Waals surface area contributed by atoms with Crippen LogP contribution in [-0.4, -0.2) is 30.8 Å². The van der Waals surface area contributed by atoms with Crippen molar-refractivity contribution in [2.24, 2.45) is 5.92 Å². The number of hydrogen-bond acceptors (Lipinski definition) is 2. The van der Waals surface area contributed by atoms with Crippen LogP contribution in [-0.2, 0) is 0 Å². The number of hydrogen-bond donors (Lipinski definition) is 3. The van der Waals surface area contributed by atoms with E-state index < -0.39 is 6.09 Å². The summed E-state index contributed by atoms with van der Waals surface area (Å²) in [6, 6.07) is 5.58.